The molecule has 0 bridgehead atoms. The van der Waals surface area contributed by atoms with Gasteiger partial charge in [0, 0.05) is 6.20 Å². The Bertz CT molecular complexity index is 4790. The maximum atomic E-state index is 7.21. The van der Waals surface area contributed by atoms with Crippen LogP contribution in [0.15, 0.2) is 212 Å². The molecule has 416 valence electrons. The van der Waals surface area contributed by atoms with E-state index in [1.54, 1.807) is 0 Å². The number of aromatic nitrogens is 5. The standard InChI is InChI=1S/C76H71N5O.Pt/c1-73(2,3)51-24-20-23-49(41-51)58-29-21-30-59(50-42-53(75(7,8)9)44-54(43-50)76(10,11)12)71(58)78-48-79-69-47-57(36-38-66(69)80(55-25-14-13-15-26-55)64-32-18-17-28-61(64)63-31-22-34-67(78)72(63)79)82-56-35-37-62-60-27-16-19-33-65(60)81(68(62)46-56)70-45-52(39-40-77-70)74(4,5)6;/h13-47H,1-12H3;. The summed E-state index contributed by atoms with van der Waals surface area (Å²) in [6.07, 6.45) is 1.94. The number of benzene rings is 9. The van der Waals surface area contributed by atoms with Gasteiger partial charge in [0.05, 0.1) is 0 Å². The third kappa shape index (κ3) is 9.50. The van der Waals surface area contributed by atoms with Crippen molar-refractivity contribution < 1.29 is 24.1 Å². The molecule has 4 aromatic heterocycles. The number of ether oxygens (including phenoxy) is 1. The number of nitrogens with zero attached hydrogens (tertiary/aromatic N) is 5. The number of para-hydroxylation sites is 5. The van der Waals surface area contributed by atoms with Gasteiger partial charge in [-0.05, 0) is 17.0 Å². The molecule has 7 heteroatoms. The van der Waals surface area contributed by atoms with E-state index in [1.807, 2.05) is 6.20 Å². The van der Waals surface area contributed by atoms with Gasteiger partial charge in [0.2, 0.25) is 0 Å². The number of pyridine rings is 1. The molecule has 0 atom stereocenters. The summed E-state index contributed by atoms with van der Waals surface area (Å²) in [7, 11) is 0. The zero-order chi connectivity index (χ0) is 57.9. The predicted molar refractivity (Wildman–Crippen MR) is 345 cm³/mol. The summed E-state index contributed by atoms with van der Waals surface area (Å²) in [6, 6.07) is 76.0. The molecule has 0 unspecified atom stereocenters. The third-order valence-electron chi connectivity index (χ3n) is 16.7. The van der Waals surface area contributed by atoms with Crippen LogP contribution in [0.5, 0.6) is 11.5 Å². The summed E-state index contributed by atoms with van der Waals surface area (Å²) in [4.78, 5) is 4.99. The number of rotatable bonds is 7. The van der Waals surface area contributed by atoms with Gasteiger partial charge >= 0.3 is 445 Å². The zero-order valence-electron chi connectivity index (χ0n) is 49.7. The maximum absolute atomic E-state index is 7.21. The second-order valence-electron chi connectivity index (χ2n) is 26.5. The normalized spacial score (nSPS) is 12.7. The average molecular weight is 1270 g/mol. The van der Waals surface area contributed by atoms with Crippen molar-refractivity contribution in [2.24, 2.45) is 0 Å². The van der Waals surface area contributed by atoms with E-state index in [2.05, 4.69) is 327 Å². The van der Waals surface area contributed by atoms with Gasteiger partial charge in [-0.15, -0.1) is 0 Å². The molecular formula is C76H71N5OPt. The van der Waals surface area contributed by atoms with E-state index in [0.717, 1.165) is 92.8 Å². The van der Waals surface area contributed by atoms with Gasteiger partial charge in [0.15, 0.2) is 0 Å². The molecule has 0 aliphatic rings. The van der Waals surface area contributed by atoms with Crippen molar-refractivity contribution in [3.8, 4) is 50.9 Å². The summed E-state index contributed by atoms with van der Waals surface area (Å²) in [5, 5.41) is 4.58. The van der Waals surface area contributed by atoms with Crippen LogP contribution >= 0.6 is 0 Å². The van der Waals surface area contributed by atoms with E-state index in [4.69, 9.17) is 9.72 Å². The van der Waals surface area contributed by atoms with Gasteiger partial charge in [-0.1, -0.05) is 32.9 Å². The zero-order valence-corrected chi connectivity index (χ0v) is 51.9. The number of fused-ring (bicyclic) bond motifs is 7. The molecule has 0 fully saturated rings. The van der Waals surface area contributed by atoms with E-state index < -0.39 is 0 Å². The van der Waals surface area contributed by atoms with Crippen LogP contribution in [-0.2, 0) is 41.0 Å². The summed E-state index contributed by atoms with van der Waals surface area (Å²) in [5.41, 5.74) is 19.2. The average Bonchev–Trinajstić information content (AvgIpc) is 1.80. The van der Waals surface area contributed by atoms with E-state index in [9.17, 15) is 0 Å². The van der Waals surface area contributed by atoms with Crippen LogP contribution < -0.4 is 4.74 Å². The molecule has 0 amide bonds. The quantitative estimate of drug-likeness (QED) is 0.160. The molecular weight excluding hydrogens is 1190 g/mol. The fourth-order valence-electron chi connectivity index (χ4n) is 12.1. The Kier molecular flexibility index (Phi) is 13.0. The first-order valence-electron chi connectivity index (χ1n) is 29.0. The monoisotopic (exact) mass is 1260 g/mol. The first-order valence-corrected chi connectivity index (χ1v) is 30.1. The summed E-state index contributed by atoms with van der Waals surface area (Å²) in [5.74, 6) is 2.33. The number of hydrogen-bond donors (Lipinski definition) is 0. The Hall–Kier alpha value is -8.31. The van der Waals surface area contributed by atoms with Gasteiger partial charge in [0.25, 0.3) is 0 Å². The van der Waals surface area contributed by atoms with Crippen LogP contribution in [0.3, 0.4) is 0 Å². The molecule has 0 spiro atoms. The van der Waals surface area contributed by atoms with E-state index in [0.29, 0.717) is 0 Å². The van der Waals surface area contributed by atoms with Gasteiger partial charge in [-0.2, -0.15) is 0 Å². The molecule has 0 aliphatic heterocycles. The molecule has 0 saturated heterocycles. The first-order chi connectivity index (χ1) is 39.6. The van der Waals surface area contributed by atoms with Gasteiger partial charge < -0.3 is 0 Å². The van der Waals surface area contributed by atoms with E-state index >= 15 is 0 Å². The van der Waals surface area contributed by atoms with Crippen molar-refractivity contribution >= 4 is 60.2 Å². The molecule has 6 nitrogen and oxygen atoms in total. The Morgan fingerprint density at radius 2 is 0.880 bits per heavy atom. The van der Waals surface area contributed by atoms with Crippen molar-refractivity contribution in [2.45, 2.75) is 105 Å². The number of imidazole rings is 1. The minimum absolute atomic E-state index is 0.0475. The topological polar surface area (TPSA) is 41.3 Å². The second kappa shape index (κ2) is 20.0. The fourth-order valence-corrected chi connectivity index (χ4v) is 13.2. The van der Waals surface area contributed by atoms with Gasteiger partial charge in [-0.3, -0.25) is 0 Å². The van der Waals surface area contributed by atoms with Crippen LogP contribution in [0.1, 0.15) is 105 Å². The van der Waals surface area contributed by atoms with Crippen LogP contribution in [-0.4, -0.2) is 23.1 Å². The van der Waals surface area contributed by atoms with Crippen molar-refractivity contribution in [1.82, 2.24) is 23.1 Å². The van der Waals surface area contributed by atoms with Crippen molar-refractivity contribution in [3.05, 3.63) is 239 Å². The molecule has 13 aromatic rings. The Morgan fingerprint density at radius 1 is 0.361 bits per heavy atom. The van der Waals surface area contributed by atoms with Crippen LogP contribution in [0.4, 0.5) is 0 Å². The Balaban J connectivity index is 1.14. The van der Waals surface area contributed by atoms with Crippen LogP contribution in [0.25, 0.3) is 99.6 Å². The Labute approximate surface area is 498 Å². The van der Waals surface area contributed by atoms with E-state index in [-0.39, 0.29) is 21.7 Å². The summed E-state index contributed by atoms with van der Waals surface area (Å²) < 4.78 is 18.0. The third-order valence-corrected chi connectivity index (χ3v) is 17.7. The van der Waals surface area contributed by atoms with Crippen molar-refractivity contribution in [1.29, 1.82) is 0 Å². The van der Waals surface area contributed by atoms with Crippen LogP contribution in [0, 0.1) is 3.80 Å². The molecule has 0 radical (unpaired) electrons. The molecule has 0 saturated carbocycles. The molecule has 0 aliphatic carbocycles. The SMILES string of the molecule is CC(C)(C)c1cccc(-c2cccc(-c3cc(C(C)(C)C)cc(C(C)(C)C)c3)c2-n2[c](=[Pt])n3c4cc(Oc5ccc6c7ccccc7n(-c7cc(C(C)(C)C)ccn7)c6c5)ccc4n(-c4ccccc4)c4ccccc4c4cccc2c43)c1. The minimum atomic E-state index is -0.0857. The first kappa shape index (κ1) is 54.0. The Morgan fingerprint density at radius 3 is 1.55 bits per heavy atom. The molecule has 4 heterocycles. The molecule has 83 heavy (non-hydrogen) atoms. The van der Waals surface area contributed by atoms with Crippen LogP contribution in [0.2, 0.25) is 0 Å². The summed E-state index contributed by atoms with van der Waals surface area (Å²) in [6.45, 7) is 27.6. The predicted octanol–water partition coefficient (Wildman–Crippen LogP) is 20.4. The van der Waals surface area contributed by atoms with Crippen molar-refractivity contribution in [2.75, 3.05) is 0 Å². The molecule has 13 rings (SSSR count). The second-order valence-corrected chi connectivity index (χ2v) is 27.6. The molecule has 0 N–H and O–H groups in total. The molecule has 9 aromatic carbocycles. The summed E-state index contributed by atoms with van der Waals surface area (Å²) >= 11 is 2.63. The number of hydrogen-bond acceptors (Lipinski definition) is 2. The van der Waals surface area contributed by atoms with E-state index in [1.165, 1.54) is 44.3 Å². The van der Waals surface area contributed by atoms with Gasteiger partial charge in [-0.25, -0.2) is 0 Å². The van der Waals surface area contributed by atoms with Gasteiger partial charge in [0.1, 0.15) is 0 Å². The van der Waals surface area contributed by atoms with Crippen molar-refractivity contribution in [3.63, 3.8) is 0 Å². The fraction of sp³-hybridized carbons (Fsp3) is 0.211.